The van der Waals surface area contributed by atoms with Crippen molar-refractivity contribution in [1.82, 2.24) is 0 Å². The summed E-state index contributed by atoms with van der Waals surface area (Å²) >= 11 is 4.85. The van der Waals surface area contributed by atoms with E-state index in [1.54, 1.807) is 0 Å². The van der Waals surface area contributed by atoms with Gasteiger partial charge in [0.1, 0.15) is 5.03 Å². The Labute approximate surface area is 75.3 Å². The normalized spacial score (nSPS) is 21.4. The van der Waals surface area contributed by atoms with Crippen molar-refractivity contribution in [3.63, 3.8) is 0 Å². The van der Waals surface area contributed by atoms with Gasteiger partial charge in [0.2, 0.25) is 5.76 Å². The summed E-state index contributed by atoms with van der Waals surface area (Å²) in [5.41, 5.74) is 0. The smallest absolute Gasteiger partial charge is 0.354 e. The van der Waals surface area contributed by atoms with Gasteiger partial charge in [-0.1, -0.05) is 15.5 Å². The van der Waals surface area contributed by atoms with Gasteiger partial charge in [-0.2, -0.15) is 17.2 Å². The molecule has 9 heteroatoms. The first-order chi connectivity index (χ1) is 5.66. The highest BCUT2D eigenvalue weighted by atomic mass is 35.5. The lowest BCUT2D eigenvalue weighted by molar-refractivity contribution is -0.142. The van der Waals surface area contributed by atoms with Gasteiger partial charge in [0.15, 0.2) is 0 Å². The molecule has 74 valence electrons. The Balaban J connectivity index is 3.03. The lowest BCUT2D eigenvalue weighted by Crippen LogP contribution is -2.43. The first kappa shape index (κ1) is 10.3. The van der Waals surface area contributed by atoms with Gasteiger partial charge in [-0.3, -0.25) is 4.79 Å². The number of Topliss-reactive ketones (excluding diaryl/α,β-unsaturated/α-hetero) is 1. The van der Waals surface area contributed by atoms with Crippen LogP contribution in [0.2, 0.25) is 0 Å². The van der Waals surface area contributed by atoms with Crippen LogP contribution in [0.4, 0.5) is 12.7 Å². The zero-order valence-corrected chi connectivity index (χ0v) is 7.13. The second-order valence-corrected chi connectivity index (χ2v) is 3.35. The Bertz CT molecular complexity index is 398. The number of carbonyl (C=O) groups excluding carboxylic acids is 1. The predicted molar refractivity (Wildman–Crippen MR) is 33.9 cm³/mol. The molecule has 0 aromatic rings. The maximum Gasteiger partial charge on any atom is 0.488 e. The SMILES string of the molecule is O=C1C(Cl)=C(OS(=O)(=O)F)C1(F)F. The van der Waals surface area contributed by atoms with Gasteiger partial charge < -0.3 is 4.18 Å². The molecule has 0 saturated heterocycles. The zero-order valence-electron chi connectivity index (χ0n) is 5.55. The minimum Gasteiger partial charge on any atom is -0.354 e. The number of hydrogen-bond acceptors (Lipinski definition) is 4. The lowest BCUT2D eigenvalue weighted by atomic mass is 10.0. The van der Waals surface area contributed by atoms with Crippen LogP contribution >= 0.6 is 11.6 Å². The van der Waals surface area contributed by atoms with Crippen molar-refractivity contribution in [2.75, 3.05) is 0 Å². The highest BCUT2D eigenvalue weighted by molar-refractivity contribution is 7.81. The van der Waals surface area contributed by atoms with Crippen LogP contribution in [0.25, 0.3) is 0 Å². The molecule has 0 aromatic heterocycles. The molecular formula is C4ClF3O4S. The van der Waals surface area contributed by atoms with Crippen molar-refractivity contribution >= 4 is 27.9 Å². The van der Waals surface area contributed by atoms with E-state index in [2.05, 4.69) is 4.18 Å². The summed E-state index contributed by atoms with van der Waals surface area (Å²) < 4.78 is 59.0. The van der Waals surface area contributed by atoms with E-state index < -0.39 is 33.0 Å². The molecular weight excluding hydrogens is 237 g/mol. The number of ketones is 1. The van der Waals surface area contributed by atoms with Crippen molar-refractivity contribution in [2.45, 2.75) is 5.92 Å². The van der Waals surface area contributed by atoms with E-state index in [0.29, 0.717) is 0 Å². The summed E-state index contributed by atoms with van der Waals surface area (Å²) in [7, 11) is -5.59. The summed E-state index contributed by atoms with van der Waals surface area (Å²) in [4.78, 5) is 10.2. The Kier molecular flexibility index (Phi) is 2.07. The number of allylic oxidation sites excluding steroid dienone is 2. The lowest BCUT2D eigenvalue weighted by Gasteiger charge is -2.25. The predicted octanol–water partition coefficient (Wildman–Crippen LogP) is 0.886. The summed E-state index contributed by atoms with van der Waals surface area (Å²) in [6.45, 7) is 0. The van der Waals surface area contributed by atoms with Gasteiger partial charge in [0.05, 0.1) is 0 Å². The van der Waals surface area contributed by atoms with E-state index >= 15 is 0 Å². The van der Waals surface area contributed by atoms with E-state index in [-0.39, 0.29) is 0 Å². The molecule has 1 aliphatic rings. The number of hydrogen-bond donors (Lipinski definition) is 0. The Hall–Kier alpha value is -0.760. The van der Waals surface area contributed by atoms with E-state index in [0.717, 1.165) is 0 Å². The van der Waals surface area contributed by atoms with Crippen molar-refractivity contribution in [1.29, 1.82) is 0 Å². The maximum atomic E-state index is 12.3. The van der Waals surface area contributed by atoms with Crippen molar-refractivity contribution in [3.05, 3.63) is 10.8 Å². The molecule has 0 heterocycles. The van der Waals surface area contributed by atoms with E-state index in [9.17, 15) is 25.9 Å². The molecule has 0 bridgehead atoms. The Morgan fingerprint density at radius 2 is 1.85 bits per heavy atom. The van der Waals surface area contributed by atoms with E-state index in [1.807, 2.05) is 0 Å². The first-order valence-electron chi connectivity index (χ1n) is 2.63. The molecule has 0 aromatic carbocycles. The molecule has 1 aliphatic carbocycles. The third-order valence-corrected chi connectivity index (χ3v) is 1.86. The first-order valence-corrected chi connectivity index (χ1v) is 4.32. The number of rotatable bonds is 2. The van der Waals surface area contributed by atoms with Crippen molar-refractivity contribution in [3.8, 4) is 0 Å². The average Bonchev–Trinajstić information content (AvgIpc) is 1.96. The molecule has 1 rings (SSSR count). The van der Waals surface area contributed by atoms with Crippen molar-refractivity contribution < 1.29 is 30.1 Å². The molecule has 0 atom stereocenters. The van der Waals surface area contributed by atoms with Crippen LogP contribution in [0.1, 0.15) is 0 Å². The maximum absolute atomic E-state index is 12.3. The molecule has 0 N–H and O–H groups in total. The number of carbonyl (C=O) groups is 1. The van der Waals surface area contributed by atoms with Crippen LogP contribution in [-0.4, -0.2) is 20.1 Å². The van der Waals surface area contributed by atoms with Crippen LogP contribution in [0, 0.1) is 0 Å². The fraction of sp³-hybridized carbons (Fsp3) is 0.250. The topological polar surface area (TPSA) is 60.4 Å². The van der Waals surface area contributed by atoms with Crippen LogP contribution in [-0.2, 0) is 19.5 Å². The van der Waals surface area contributed by atoms with Crippen LogP contribution in [0.15, 0.2) is 10.8 Å². The summed E-state index contributed by atoms with van der Waals surface area (Å²) in [6, 6.07) is 0. The molecule has 0 spiro atoms. The second kappa shape index (κ2) is 2.61. The van der Waals surface area contributed by atoms with Gasteiger partial charge in [0.25, 0.3) is 5.78 Å². The Morgan fingerprint density at radius 1 is 1.38 bits per heavy atom. The molecule has 0 aliphatic heterocycles. The quantitative estimate of drug-likeness (QED) is 0.668. The van der Waals surface area contributed by atoms with Gasteiger partial charge in [-0.25, -0.2) is 0 Å². The molecule has 0 saturated carbocycles. The van der Waals surface area contributed by atoms with Gasteiger partial charge in [-0.15, -0.1) is 0 Å². The van der Waals surface area contributed by atoms with E-state index in [1.165, 1.54) is 0 Å². The molecule has 0 unspecified atom stereocenters. The summed E-state index contributed by atoms with van der Waals surface area (Å²) in [6.07, 6.45) is 0. The van der Waals surface area contributed by atoms with Crippen LogP contribution < -0.4 is 0 Å². The van der Waals surface area contributed by atoms with Crippen molar-refractivity contribution in [2.24, 2.45) is 0 Å². The average molecular weight is 237 g/mol. The highest BCUT2D eigenvalue weighted by Crippen LogP contribution is 2.43. The minimum atomic E-state index is -5.59. The molecule has 0 amide bonds. The number of halogens is 4. The third-order valence-electron chi connectivity index (χ3n) is 1.15. The second-order valence-electron chi connectivity index (χ2n) is 2.02. The zero-order chi connectivity index (χ0) is 10.4. The van der Waals surface area contributed by atoms with Crippen LogP contribution in [0.3, 0.4) is 0 Å². The highest BCUT2D eigenvalue weighted by Gasteiger charge is 2.59. The molecule has 4 nitrogen and oxygen atoms in total. The summed E-state index contributed by atoms with van der Waals surface area (Å²) in [5, 5.41) is -1.12. The van der Waals surface area contributed by atoms with Gasteiger partial charge >= 0.3 is 16.4 Å². The fourth-order valence-electron chi connectivity index (χ4n) is 0.608. The van der Waals surface area contributed by atoms with Crippen LogP contribution in [0.5, 0.6) is 0 Å². The Morgan fingerprint density at radius 3 is 2.15 bits per heavy atom. The summed E-state index contributed by atoms with van der Waals surface area (Å²) in [5.74, 6) is -7.63. The fourth-order valence-corrected chi connectivity index (χ4v) is 1.32. The van der Waals surface area contributed by atoms with Gasteiger partial charge in [0, 0.05) is 0 Å². The number of alkyl halides is 2. The standard InChI is InChI=1S/C4ClF3O4S/c5-1-2(9)4(6,7)3(1)12-13(8,10)11. The minimum absolute atomic E-state index is 1.12. The third kappa shape index (κ3) is 1.63. The molecule has 0 fully saturated rings. The van der Waals surface area contributed by atoms with E-state index in [4.69, 9.17) is 11.6 Å². The van der Waals surface area contributed by atoms with Gasteiger partial charge in [-0.05, 0) is 0 Å². The molecule has 0 radical (unpaired) electrons. The monoisotopic (exact) mass is 236 g/mol. The largest absolute Gasteiger partial charge is 0.488 e. The molecule has 13 heavy (non-hydrogen) atoms.